The van der Waals surface area contributed by atoms with Crippen molar-refractivity contribution in [2.24, 2.45) is 0 Å². The van der Waals surface area contributed by atoms with Gasteiger partial charge in [-0.1, -0.05) is 194 Å². The van der Waals surface area contributed by atoms with Crippen LogP contribution in [0.2, 0.25) is 0 Å². The van der Waals surface area contributed by atoms with Crippen molar-refractivity contribution in [2.45, 2.75) is 0 Å². The van der Waals surface area contributed by atoms with Crippen LogP contribution >= 0.6 is 15.8 Å². The molecule has 4 nitrogen and oxygen atoms in total. The Kier molecular flexibility index (Phi) is 12.6. The zero-order valence-corrected chi connectivity index (χ0v) is 38.3. The molecule has 2 N–H and O–H groups in total. The van der Waals surface area contributed by atoms with Gasteiger partial charge in [0.1, 0.15) is 0 Å². The summed E-state index contributed by atoms with van der Waals surface area (Å²) in [6, 6.07) is 78.2. The summed E-state index contributed by atoms with van der Waals surface area (Å²) < 4.78 is 0. The van der Waals surface area contributed by atoms with Gasteiger partial charge in [0, 0.05) is 22.3 Å². The van der Waals surface area contributed by atoms with Gasteiger partial charge < -0.3 is 10.2 Å². The molecule has 68 heavy (non-hydrogen) atoms. The van der Waals surface area contributed by atoms with Gasteiger partial charge in [-0.05, 0) is 141 Å². The van der Waals surface area contributed by atoms with Crippen molar-refractivity contribution in [3.05, 3.63) is 264 Å². The fourth-order valence-corrected chi connectivity index (χ4v) is 13.7. The Hall–Kier alpha value is -8.36. The fourth-order valence-electron chi connectivity index (χ4n) is 8.64. The molecule has 0 spiro atoms. The monoisotopic (exact) mass is 910 g/mol. The number of rotatable bonds is 9. The predicted molar refractivity (Wildman–Crippen MR) is 283 cm³/mol. The third-order valence-corrected chi connectivity index (χ3v) is 16.7. The molecule has 10 aromatic rings. The Balaban J connectivity index is 1.35. The van der Waals surface area contributed by atoms with E-state index in [2.05, 4.69) is 206 Å². The van der Waals surface area contributed by atoms with Gasteiger partial charge in [0.05, 0.1) is 11.1 Å². The highest BCUT2D eigenvalue weighted by Crippen LogP contribution is 2.47. The zero-order valence-electron chi connectivity index (χ0n) is 36.5. The second-order valence-corrected chi connectivity index (χ2v) is 20.4. The van der Waals surface area contributed by atoms with E-state index in [-0.39, 0.29) is 11.1 Å². The highest BCUT2D eigenvalue weighted by atomic mass is 31.1. The van der Waals surface area contributed by atoms with Crippen molar-refractivity contribution < 1.29 is 19.8 Å². The Morgan fingerprint density at radius 1 is 0.324 bits per heavy atom. The maximum absolute atomic E-state index is 11.7. The lowest BCUT2D eigenvalue weighted by Gasteiger charge is -2.29. The van der Waals surface area contributed by atoms with Gasteiger partial charge in [-0.3, -0.25) is 0 Å². The van der Waals surface area contributed by atoms with Crippen LogP contribution in [0, 0.1) is 23.7 Å². The minimum atomic E-state index is -1.20. The summed E-state index contributed by atoms with van der Waals surface area (Å²) in [7, 11) is -2.40. The number of hydrogen-bond acceptors (Lipinski definition) is 2. The van der Waals surface area contributed by atoms with Gasteiger partial charge >= 0.3 is 11.9 Å². The molecule has 10 aromatic carbocycles. The molecule has 0 aliphatic carbocycles. The Morgan fingerprint density at radius 3 is 0.897 bits per heavy atom. The SMILES string of the molecule is O=C(O)c1ccc(C#Cc2cc(P(c3ccccc3)c3ccccc3)c(-c3c(P(c4ccccc4)c4ccccc4)cc(C#Cc4ccc(C(=O)O)cc4)c4ccccc34)c3ccccc23)cc1. The van der Waals surface area contributed by atoms with Crippen LogP contribution in [0.3, 0.4) is 0 Å². The van der Waals surface area contributed by atoms with Gasteiger partial charge in [0.2, 0.25) is 0 Å². The first kappa shape index (κ1) is 43.5. The van der Waals surface area contributed by atoms with E-state index in [1.165, 1.54) is 21.2 Å². The van der Waals surface area contributed by atoms with Crippen LogP contribution in [0.15, 0.2) is 231 Å². The normalized spacial score (nSPS) is 10.9. The minimum absolute atomic E-state index is 0.212. The van der Waals surface area contributed by atoms with Crippen LogP contribution in [-0.4, -0.2) is 22.2 Å². The topological polar surface area (TPSA) is 74.6 Å². The first-order valence-electron chi connectivity index (χ1n) is 22.0. The lowest BCUT2D eigenvalue weighted by Crippen LogP contribution is -2.26. The van der Waals surface area contributed by atoms with E-state index in [0.717, 1.165) is 65.5 Å². The summed E-state index contributed by atoms with van der Waals surface area (Å²) in [5.74, 6) is 12.0. The van der Waals surface area contributed by atoms with Gasteiger partial charge in [0.25, 0.3) is 0 Å². The Labute approximate surface area is 397 Å². The molecular formula is C62H40O4P2. The number of fused-ring (bicyclic) bond motifs is 2. The molecule has 0 aliphatic heterocycles. The number of aromatic carboxylic acids is 2. The van der Waals surface area contributed by atoms with Crippen molar-refractivity contribution in [1.29, 1.82) is 0 Å². The zero-order chi connectivity index (χ0) is 46.4. The van der Waals surface area contributed by atoms with Crippen molar-refractivity contribution >= 4 is 81.2 Å². The molecule has 0 amide bonds. The molecular weight excluding hydrogens is 871 g/mol. The van der Waals surface area contributed by atoms with E-state index in [1.807, 2.05) is 0 Å². The fraction of sp³-hybridized carbons (Fsp3) is 0. The van der Waals surface area contributed by atoms with Crippen LogP contribution in [0.4, 0.5) is 0 Å². The standard InChI is InChI=1S/C62H40O4P2/c63-61(64)45-35-29-43(30-36-45)33-39-47-41-57(67(49-17-5-1-6-18-49)50-19-7-2-8-20-50)59(55-27-15-13-25-53(47)55)60-56-28-16-14-26-54(56)48(40-34-44-31-37-46(38-32-44)62(65)66)42-58(60)68(51-21-9-3-10-22-51)52-23-11-4-12-24-52/h1-32,35-38,41-42H,(H,63,64)(H,65,66). The first-order valence-corrected chi connectivity index (χ1v) is 24.7. The lowest BCUT2D eigenvalue weighted by atomic mass is 9.90. The van der Waals surface area contributed by atoms with Crippen molar-refractivity contribution in [2.75, 3.05) is 0 Å². The van der Waals surface area contributed by atoms with E-state index in [9.17, 15) is 19.8 Å². The molecule has 0 saturated heterocycles. The van der Waals surface area contributed by atoms with Gasteiger partial charge in [-0.2, -0.15) is 0 Å². The molecule has 0 saturated carbocycles. The molecule has 0 aromatic heterocycles. The van der Waals surface area contributed by atoms with Gasteiger partial charge in [-0.25, -0.2) is 9.59 Å². The molecule has 0 radical (unpaired) electrons. The second kappa shape index (κ2) is 19.6. The average molecular weight is 911 g/mol. The van der Waals surface area contributed by atoms with Crippen LogP contribution in [0.1, 0.15) is 43.0 Å². The largest absolute Gasteiger partial charge is 0.478 e. The molecule has 322 valence electrons. The third kappa shape index (κ3) is 8.96. The first-order chi connectivity index (χ1) is 33.4. The van der Waals surface area contributed by atoms with Gasteiger partial charge in [0.15, 0.2) is 0 Å². The number of carbonyl (C=O) groups is 2. The maximum Gasteiger partial charge on any atom is 0.335 e. The summed E-state index contributed by atoms with van der Waals surface area (Å²) in [5.41, 5.74) is 5.87. The van der Waals surface area contributed by atoms with Crippen LogP contribution in [-0.2, 0) is 0 Å². The van der Waals surface area contributed by atoms with E-state index in [1.54, 1.807) is 48.5 Å². The van der Waals surface area contributed by atoms with E-state index < -0.39 is 27.8 Å². The number of carboxylic acids is 2. The Bertz CT molecular complexity index is 3290. The summed E-state index contributed by atoms with van der Waals surface area (Å²) in [6.07, 6.45) is 0. The highest BCUT2D eigenvalue weighted by molar-refractivity contribution is 7.80. The summed E-state index contributed by atoms with van der Waals surface area (Å²) in [5, 5.41) is 30.4. The Morgan fingerprint density at radius 2 is 0.603 bits per heavy atom. The van der Waals surface area contributed by atoms with Crippen molar-refractivity contribution in [3.63, 3.8) is 0 Å². The molecule has 0 unspecified atom stereocenters. The van der Waals surface area contributed by atoms with E-state index >= 15 is 0 Å². The average Bonchev–Trinajstić information content (AvgIpc) is 3.39. The number of benzene rings is 10. The van der Waals surface area contributed by atoms with Gasteiger partial charge in [-0.15, -0.1) is 0 Å². The second-order valence-electron chi connectivity index (χ2n) is 16.0. The number of hydrogen-bond donors (Lipinski definition) is 2. The third-order valence-electron chi connectivity index (χ3n) is 11.8. The van der Waals surface area contributed by atoms with Crippen LogP contribution in [0.5, 0.6) is 0 Å². The van der Waals surface area contributed by atoms with E-state index in [4.69, 9.17) is 0 Å². The smallest absolute Gasteiger partial charge is 0.335 e. The highest BCUT2D eigenvalue weighted by Gasteiger charge is 2.30. The molecule has 10 rings (SSSR count). The summed E-state index contributed by atoms with van der Waals surface area (Å²) >= 11 is 0. The molecule has 0 heterocycles. The van der Waals surface area contributed by atoms with Crippen molar-refractivity contribution in [3.8, 4) is 34.8 Å². The van der Waals surface area contributed by atoms with E-state index in [0.29, 0.717) is 0 Å². The summed E-state index contributed by atoms with van der Waals surface area (Å²) in [6.45, 7) is 0. The maximum atomic E-state index is 11.7. The molecule has 0 atom stereocenters. The quantitative estimate of drug-likeness (QED) is 0.112. The minimum Gasteiger partial charge on any atom is -0.478 e. The summed E-state index contributed by atoms with van der Waals surface area (Å²) in [4.78, 5) is 23.4. The predicted octanol–water partition coefficient (Wildman–Crippen LogP) is 11.4. The van der Waals surface area contributed by atoms with Crippen molar-refractivity contribution in [1.82, 2.24) is 0 Å². The van der Waals surface area contributed by atoms with Crippen LogP contribution in [0.25, 0.3) is 32.7 Å². The molecule has 0 aliphatic rings. The number of carboxylic acid groups (broad SMARTS) is 2. The molecule has 0 fully saturated rings. The molecule has 0 bridgehead atoms. The lowest BCUT2D eigenvalue weighted by molar-refractivity contribution is 0.0686. The van der Waals surface area contributed by atoms with Crippen LogP contribution < -0.4 is 31.8 Å². The molecule has 6 heteroatoms.